The van der Waals surface area contributed by atoms with Gasteiger partial charge in [0.05, 0.1) is 20.2 Å². The van der Waals surface area contributed by atoms with Crippen LogP contribution in [0.4, 0.5) is 5.69 Å². The summed E-state index contributed by atoms with van der Waals surface area (Å²) in [5.41, 5.74) is 7.22. The van der Waals surface area contributed by atoms with E-state index in [1.807, 2.05) is 19.1 Å². The normalized spacial score (nSPS) is 10.4. The molecule has 1 aromatic carbocycles. The van der Waals surface area contributed by atoms with Crippen molar-refractivity contribution >= 4 is 17.6 Å². The number of esters is 1. The topological polar surface area (TPSA) is 84.7 Å². The number of methoxy groups -OCH3 is 1. The molecule has 6 nitrogen and oxygen atoms in total. The second-order valence-corrected chi connectivity index (χ2v) is 4.33. The van der Waals surface area contributed by atoms with Gasteiger partial charge >= 0.3 is 5.97 Å². The van der Waals surface area contributed by atoms with Gasteiger partial charge in [-0.15, -0.1) is 0 Å². The van der Waals surface area contributed by atoms with E-state index in [1.54, 1.807) is 17.0 Å². The van der Waals surface area contributed by atoms with Gasteiger partial charge in [-0.2, -0.15) is 0 Å². The number of likely N-dealkylation sites (N-methyl/N-ethyl adjacent to an activating group) is 1. The number of anilines is 1. The molecule has 0 aromatic heterocycles. The second-order valence-electron chi connectivity index (χ2n) is 4.33. The highest BCUT2D eigenvalue weighted by Gasteiger charge is 2.13. The molecule has 0 heterocycles. The van der Waals surface area contributed by atoms with Crippen LogP contribution in [0.15, 0.2) is 24.3 Å². The van der Waals surface area contributed by atoms with Crippen molar-refractivity contribution in [3.05, 3.63) is 29.8 Å². The first-order chi connectivity index (χ1) is 9.58. The molecule has 0 bridgehead atoms. The summed E-state index contributed by atoms with van der Waals surface area (Å²) < 4.78 is 4.58. The number of carbonyl (C=O) groups excluding carboxylic acids is 2. The number of hydrogen-bond acceptors (Lipinski definition) is 5. The number of nitrogens with two attached hydrogens (primary N) is 1. The Hall–Kier alpha value is -1.92. The van der Waals surface area contributed by atoms with E-state index >= 15 is 0 Å². The molecule has 0 radical (unpaired) electrons. The number of carbonyl (C=O) groups is 2. The zero-order valence-corrected chi connectivity index (χ0v) is 11.9. The van der Waals surface area contributed by atoms with Crippen LogP contribution in [0.2, 0.25) is 0 Å². The molecule has 110 valence electrons. The van der Waals surface area contributed by atoms with Crippen molar-refractivity contribution in [1.29, 1.82) is 0 Å². The molecule has 0 saturated carbocycles. The van der Waals surface area contributed by atoms with Crippen LogP contribution in [0, 0.1) is 0 Å². The first-order valence-electron chi connectivity index (χ1n) is 6.47. The molecular formula is C14H21N3O3. The largest absolute Gasteiger partial charge is 0.468 e. The third kappa shape index (κ3) is 5.38. The van der Waals surface area contributed by atoms with Crippen LogP contribution < -0.4 is 11.1 Å². The van der Waals surface area contributed by atoms with Gasteiger partial charge in [0.15, 0.2) is 0 Å². The molecule has 0 aliphatic heterocycles. The molecule has 1 rings (SSSR count). The quantitative estimate of drug-likeness (QED) is 0.713. The minimum atomic E-state index is -0.355. The monoisotopic (exact) mass is 279 g/mol. The van der Waals surface area contributed by atoms with E-state index in [0.29, 0.717) is 18.8 Å². The van der Waals surface area contributed by atoms with E-state index in [0.717, 1.165) is 5.56 Å². The fourth-order valence-electron chi connectivity index (χ4n) is 1.65. The fourth-order valence-corrected chi connectivity index (χ4v) is 1.65. The van der Waals surface area contributed by atoms with E-state index in [4.69, 9.17) is 5.73 Å². The van der Waals surface area contributed by atoms with Gasteiger partial charge in [0, 0.05) is 12.2 Å². The van der Waals surface area contributed by atoms with Gasteiger partial charge in [-0.1, -0.05) is 19.1 Å². The van der Waals surface area contributed by atoms with Gasteiger partial charge < -0.3 is 15.8 Å². The summed E-state index contributed by atoms with van der Waals surface area (Å²) in [4.78, 5) is 24.8. The average Bonchev–Trinajstić information content (AvgIpc) is 2.47. The van der Waals surface area contributed by atoms with Crippen LogP contribution in [-0.4, -0.2) is 43.5 Å². The summed E-state index contributed by atoms with van der Waals surface area (Å²) in [6.45, 7) is 3.19. The Labute approximate surface area is 118 Å². The minimum Gasteiger partial charge on any atom is -0.468 e. The van der Waals surface area contributed by atoms with Crippen LogP contribution >= 0.6 is 0 Å². The summed E-state index contributed by atoms with van der Waals surface area (Å²) >= 11 is 0. The SMILES string of the molecule is CCN(CC(=O)Nc1ccc(CN)cc1)CC(=O)OC. The number of benzene rings is 1. The highest BCUT2D eigenvalue weighted by molar-refractivity contribution is 5.92. The van der Waals surface area contributed by atoms with Crippen LogP contribution in [-0.2, 0) is 20.9 Å². The second kappa shape index (κ2) is 8.29. The lowest BCUT2D eigenvalue weighted by Crippen LogP contribution is -2.37. The van der Waals surface area contributed by atoms with Crippen molar-refractivity contribution in [3.63, 3.8) is 0 Å². The Morgan fingerprint density at radius 2 is 1.90 bits per heavy atom. The minimum absolute atomic E-state index is 0.104. The van der Waals surface area contributed by atoms with Crippen molar-refractivity contribution in [2.45, 2.75) is 13.5 Å². The predicted octanol–water partition coefficient (Wildman–Crippen LogP) is 0.579. The third-order valence-electron chi connectivity index (χ3n) is 2.87. The van der Waals surface area contributed by atoms with Gasteiger partial charge in [0.2, 0.25) is 5.91 Å². The maximum Gasteiger partial charge on any atom is 0.319 e. The first kappa shape index (κ1) is 16.1. The third-order valence-corrected chi connectivity index (χ3v) is 2.87. The van der Waals surface area contributed by atoms with E-state index in [9.17, 15) is 9.59 Å². The van der Waals surface area contributed by atoms with Crippen LogP contribution in [0.25, 0.3) is 0 Å². The van der Waals surface area contributed by atoms with E-state index < -0.39 is 0 Å². The van der Waals surface area contributed by atoms with Crippen LogP contribution in [0.3, 0.4) is 0 Å². The summed E-state index contributed by atoms with van der Waals surface area (Å²) in [6.07, 6.45) is 0. The molecule has 3 N–H and O–H groups in total. The van der Waals surface area contributed by atoms with Gasteiger partial charge in [0.1, 0.15) is 0 Å². The number of hydrogen-bond donors (Lipinski definition) is 2. The van der Waals surface area contributed by atoms with Crippen molar-refractivity contribution < 1.29 is 14.3 Å². The van der Waals surface area contributed by atoms with Crippen LogP contribution in [0.5, 0.6) is 0 Å². The van der Waals surface area contributed by atoms with Crippen molar-refractivity contribution in [2.24, 2.45) is 5.73 Å². The lowest BCUT2D eigenvalue weighted by Gasteiger charge is -2.18. The molecule has 0 unspecified atom stereocenters. The Kier molecular flexibility index (Phi) is 6.69. The zero-order chi connectivity index (χ0) is 15.0. The molecule has 1 aromatic rings. The summed E-state index contributed by atoms with van der Waals surface area (Å²) in [6, 6.07) is 7.33. The maximum absolute atomic E-state index is 11.9. The number of nitrogens with one attached hydrogen (secondary N) is 1. The maximum atomic E-state index is 11.9. The molecule has 6 heteroatoms. The Morgan fingerprint density at radius 3 is 2.40 bits per heavy atom. The number of nitrogens with zero attached hydrogens (tertiary/aromatic N) is 1. The molecule has 20 heavy (non-hydrogen) atoms. The van der Waals surface area contributed by atoms with Gasteiger partial charge in [-0.05, 0) is 24.2 Å². The standard InChI is InChI=1S/C14H21N3O3/c1-3-17(10-14(19)20-2)9-13(18)16-12-6-4-11(8-15)5-7-12/h4-7H,3,8-10,15H2,1-2H3,(H,16,18). The first-order valence-corrected chi connectivity index (χ1v) is 6.47. The lowest BCUT2D eigenvalue weighted by molar-refractivity contribution is -0.142. The van der Waals surface area contributed by atoms with Crippen molar-refractivity contribution in [1.82, 2.24) is 4.90 Å². The molecule has 1 amide bonds. The van der Waals surface area contributed by atoms with Gasteiger partial charge in [-0.3, -0.25) is 14.5 Å². The van der Waals surface area contributed by atoms with Gasteiger partial charge in [0.25, 0.3) is 0 Å². The van der Waals surface area contributed by atoms with Gasteiger partial charge in [-0.25, -0.2) is 0 Å². The van der Waals surface area contributed by atoms with E-state index in [-0.39, 0.29) is 25.0 Å². The molecule has 0 fully saturated rings. The van der Waals surface area contributed by atoms with E-state index in [2.05, 4.69) is 10.1 Å². The summed E-state index contributed by atoms with van der Waals surface area (Å²) in [7, 11) is 1.33. The lowest BCUT2D eigenvalue weighted by atomic mass is 10.2. The number of rotatable bonds is 7. The molecule has 0 aliphatic rings. The summed E-state index contributed by atoms with van der Waals surface area (Å²) in [5, 5.41) is 2.78. The molecule has 0 spiro atoms. The number of ether oxygens (including phenoxy) is 1. The van der Waals surface area contributed by atoms with Crippen molar-refractivity contribution in [2.75, 3.05) is 32.1 Å². The fraction of sp³-hybridized carbons (Fsp3) is 0.429. The van der Waals surface area contributed by atoms with E-state index in [1.165, 1.54) is 7.11 Å². The Morgan fingerprint density at radius 1 is 1.25 bits per heavy atom. The summed E-state index contributed by atoms with van der Waals surface area (Å²) in [5.74, 6) is -0.525. The zero-order valence-electron chi connectivity index (χ0n) is 11.9. The molecule has 0 saturated heterocycles. The molecule has 0 aliphatic carbocycles. The van der Waals surface area contributed by atoms with Crippen molar-refractivity contribution in [3.8, 4) is 0 Å². The smallest absolute Gasteiger partial charge is 0.319 e. The highest BCUT2D eigenvalue weighted by atomic mass is 16.5. The number of amides is 1. The highest BCUT2D eigenvalue weighted by Crippen LogP contribution is 2.09. The average molecular weight is 279 g/mol. The molecular weight excluding hydrogens is 258 g/mol. The van der Waals surface area contributed by atoms with Crippen LogP contribution in [0.1, 0.15) is 12.5 Å². The predicted molar refractivity (Wildman–Crippen MR) is 77.1 cm³/mol. The molecule has 0 atom stereocenters. The Bertz CT molecular complexity index is 445. The Balaban J connectivity index is 2.50.